The maximum absolute atomic E-state index is 4.59. The highest BCUT2D eigenvalue weighted by Gasteiger charge is 2.28. The zero-order valence-corrected chi connectivity index (χ0v) is 15.2. The summed E-state index contributed by atoms with van der Waals surface area (Å²) in [6.07, 6.45) is 1.00. The van der Waals surface area contributed by atoms with Gasteiger partial charge in [0.15, 0.2) is 5.82 Å². The predicted molar refractivity (Wildman–Crippen MR) is 99.6 cm³/mol. The first kappa shape index (κ1) is 16.4. The lowest BCUT2D eigenvalue weighted by Gasteiger charge is -2.24. The molecule has 0 N–H and O–H groups in total. The van der Waals surface area contributed by atoms with Crippen LogP contribution in [0.3, 0.4) is 0 Å². The van der Waals surface area contributed by atoms with E-state index in [9.17, 15) is 0 Å². The summed E-state index contributed by atoms with van der Waals surface area (Å²) in [4.78, 5) is 0. The third-order valence-corrected chi connectivity index (χ3v) is 4.78. The van der Waals surface area contributed by atoms with Gasteiger partial charge in [-0.3, -0.25) is 4.57 Å². The first-order chi connectivity index (χ1) is 11.4. The molecule has 0 amide bonds. The molecule has 3 rings (SSSR count). The van der Waals surface area contributed by atoms with Crippen molar-refractivity contribution in [2.45, 2.75) is 46.5 Å². The molecule has 0 saturated carbocycles. The van der Waals surface area contributed by atoms with Crippen LogP contribution in [0.1, 0.15) is 44.1 Å². The van der Waals surface area contributed by atoms with E-state index in [1.54, 1.807) is 0 Å². The van der Waals surface area contributed by atoms with Gasteiger partial charge in [0.05, 0.1) is 5.69 Å². The van der Waals surface area contributed by atoms with E-state index in [-0.39, 0.29) is 5.41 Å². The topological polar surface area (TPSA) is 30.7 Å². The number of nitrogens with zero attached hydrogens (tertiary/aromatic N) is 3. The Bertz CT molecular complexity index is 845. The SMILES string of the molecule is CCC(C)(C)c1nnc(-c2ccccc2)n1-c1ccc(C)cc1C. The van der Waals surface area contributed by atoms with Gasteiger partial charge < -0.3 is 0 Å². The van der Waals surface area contributed by atoms with Gasteiger partial charge in [-0.2, -0.15) is 0 Å². The Balaban J connectivity index is 2.30. The lowest BCUT2D eigenvalue weighted by Crippen LogP contribution is -2.22. The van der Waals surface area contributed by atoms with Gasteiger partial charge in [-0.15, -0.1) is 10.2 Å². The van der Waals surface area contributed by atoms with Gasteiger partial charge in [0, 0.05) is 11.0 Å². The van der Waals surface area contributed by atoms with Gasteiger partial charge in [0.25, 0.3) is 0 Å². The van der Waals surface area contributed by atoms with Gasteiger partial charge >= 0.3 is 0 Å². The van der Waals surface area contributed by atoms with Crippen molar-refractivity contribution in [1.82, 2.24) is 14.8 Å². The van der Waals surface area contributed by atoms with E-state index >= 15 is 0 Å². The van der Waals surface area contributed by atoms with Crippen LogP contribution in [0.15, 0.2) is 48.5 Å². The molecule has 3 aromatic rings. The maximum Gasteiger partial charge on any atom is 0.168 e. The summed E-state index contributed by atoms with van der Waals surface area (Å²) in [5, 5.41) is 9.14. The quantitative estimate of drug-likeness (QED) is 0.658. The van der Waals surface area contributed by atoms with Crippen molar-refractivity contribution in [3.05, 3.63) is 65.5 Å². The molecule has 3 nitrogen and oxygen atoms in total. The fourth-order valence-electron chi connectivity index (χ4n) is 2.94. The van der Waals surface area contributed by atoms with Crippen LogP contribution in [0.25, 0.3) is 17.1 Å². The first-order valence-electron chi connectivity index (χ1n) is 8.53. The molecule has 0 fully saturated rings. The number of hydrogen-bond donors (Lipinski definition) is 0. The highest BCUT2D eigenvalue weighted by atomic mass is 15.3. The zero-order chi connectivity index (χ0) is 17.3. The average molecular weight is 319 g/mol. The van der Waals surface area contributed by atoms with Crippen LogP contribution in [0, 0.1) is 13.8 Å². The molecule has 24 heavy (non-hydrogen) atoms. The Kier molecular flexibility index (Phi) is 4.27. The van der Waals surface area contributed by atoms with Crippen molar-refractivity contribution in [1.29, 1.82) is 0 Å². The Hall–Kier alpha value is -2.42. The first-order valence-corrected chi connectivity index (χ1v) is 8.53. The molecule has 0 atom stereocenters. The summed E-state index contributed by atoms with van der Waals surface area (Å²) >= 11 is 0. The third-order valence-electron chi connectivity index (χ3n) is 4.78. The Morgan fingerprint density at radius 2 is 1.67 bits per heavy atom. The van der Waals surface area contributed by atoms with E-state index in [0.29, 0.717) is 0 Å². The fraction of sp³-hybridized carbons (Fsp3) is 0.333. The normalized spacial score (nSPS) is 11.7. The summed E-state index contributed by atoms with van der Waals surface area (Å²) < 4.78 is 2.23. The molecule has 2 aromatic carbocycles. The Morgan fingerprint density at radius 1 is 0.958 bits per heavy atom. The van der Waals surface area contributed by atoms with Gasteiger partial charge in [-0.05, 0) is 31.9 Å². The van der Waals surface area contributed by atoms with Crippen molar-refractivity contribution in [3.8, 4) is 17.1 Å². The van der Waals surface area contributed by atoms with E-state index in [2.05, 4.69) is 79.7 Å². The molecule has 0 spiro atoms. The monoisotopic (exact) mass is 319 g/mol. The third kappa shape index (κ3) is 2.86. The lowest BCUT2D eigenvalue weighted by atomic mass is 9.89. The van der Waals surface area contributed by atoms with Crippen LogP contribution in [-0.4, -0.2) is 14.8 Å². The maximum atomic E-state index is 4.59. The zero-order valence-electron chi connectivity index (χ0n) is 15.2. The molecule has 0 saturated heterocycles. The molecular formula is C21H25N3. The highest BCUT2D eigenvalue weighted by molar-refractivity contribution is 5.60. The Morgan fingerprint density at radius 3 is 2.29 bits per heavy atom. The number of benzene rings is 2. The molecule has 1 heterocycles. The predicted octanol–water partition coefficient (Wildman–Crippen LogP) is 5.24. The van der Waals surface area contributed by atoms with E-state index in [1.165, 1.54) is 11.1 Å². The number of hydrogen-bond acceptors (Lipinski definition) is 2. The summed E-state index contributed by atoms with van der Waals surface area (Å²) in [5.74, 6) is 1.91. The minimum atomic E-state index is -0.0443. The van der Waals surface area contributed by atoms with Crippen molar-refractivity contribution >= 4 is 0 Å². The second kappa shape index (κ2) is 6.23. The van der Waals surface area contributed by atoms with Crippen molar-refractivity contribution in [3.63, 3.8) is 0 Å². The molecule has 0 radical (unpaired) electrons. The van der Waals surface area contributed by atoms with Crippen molar-refractivity contribution in [2.75, 3.05) is 0 Å². The van der Waals surface area contributed by atoms with Crippen molar-refractivity contribution < 1.29 is 0 Å². The van der Waals surface area contributed by atoms with Gasteiger partial charge in [0.2, 0.25) is 0 Å². The van der Waals surface area contributed by atoms with Crippen molar-refractivity contribution in [2.24, 2.45) is 0 Å². The van der Waals surface area contributed by atoms with Gasteiger partial charge in [-0.25, -0.2) is 0 Å². The van der Waals surface area contributed by atoms with E-state index in [1.807, 2.05) is 18.2 Å². The van der Waals surface area contributed by atoms with Crippen LogP contribution in [0.2, 0.25) is 0 Å². The molecule has 1 aromatic heterocycles. The molecule has 0 aliphatic heterocycles. The second-order valence-corrected chi connectivity index (χ2v) is 7.08. The summed E-state index contributed by atoms with van der Waals surface area (Å²) in [7, 11) is 0. The Labute approximate surface area is 144 Å². The molecular weight excluding hydrogens is 294 g/mol. The molecule has 0 unspecified atom stereocenters. The largest absolute Gasteiger partial charge is 0.278 e. The summed E-state index contributed by atoms with van der Waals surface area (Å²) in [6, 6.07) is 16.8. The molecule has 124 valence electrons. The van der Waals surface area contributed by atoms with Gasteiger partial charge in [0.1, 0.15) is 5.82 Å². The smallest absolute Gasteiger partial charge is 0.168 e. The molecule has 3 heteroatoms. The molecule has 0 bridgehead atoms. The highest BCUT2D eigenvalue weighted by Crippen LogP contribution is 2.32. The summed E-state index contributed by atoms with van der Waals surface area (Å²) in [5.41, 5.74) is 4.70. The standard InChI is InChI=1S/C21H25N3/c1-6-21(4,5)20-23-22-19(17-10-8-7-9-11-17)24(20)18-13-12-15(2)14-16(18)3/h7-14H,6H2,1-5H3. The second-order valence-electron chi connectivity index (χ2n) is 7.08. The van der Waals surface area contributed by atoms with Crippen LogP contribution in [0.4, 0.5) is 0 Å². The average Bonchev–Trinajstić information content (AvgIpc) is 3.01. The fourth-order valence-corrected chi connectivity index (χ4v) is 2.94. The van der Waals surface area contributed by atoms with Crippen LogP contribution < -0.4 is 0 Å². The minimum absolute atomic E-state index is 0.0443. The number of aryl methyl sites for hydroxylation is 2. The molecule has 0 aliphatic carbocycles. The molecule has 0 aliphatic rings. The van der Waals surface area contributed by atoms with E-state index in [4.69, 9.17) is 0 Å². The van der Waals surface area contributed by atoms with Crippen LogP contribution in [-0.2, 0) is 5.41 Å². The van der Waals surface area contributed by atoms with E-state index < -0.39 is 0 Å². The minimum Gasteiger partial charge on any atom is -0.278 e. The number of aromatic nitrogens is 3. The van der Waals surface area contributed by atoms with E-state index in [0.717, 1.165) is 29.3 Å². The summed E-state index contributed by atoms with van der Waals surface area (Å²) in [6.45, 7) is 10.9. The number of rotatable bonds is 4. The van der Waals surface area contributed by atoms with Crippen LogP contribution >= 0.6 is 0 Å². The van der Waals surface area contributed by atoms with Gasteiger partial charge in [-0.1, -0.05) is 68.8 Å². The van der Waals surface area contributed by atoms with Crippen LogP contribution in [0.5, 0.6) is 0 Å². The lowest BCUT2D eigenvalue weighted by molar-refractivity contribution is 0.464.